The van der Waals surface area contributed by atoms with Crippen LogP contribution in [0.25, 0.3) is 6.08 Å². The molecule has 0 heterocycles. The van der Waals surface area contributed by atoms with Crippen LogP contribution < -0.4 is 4.74 Å². The Kier molecular flexibility index (Phi) is 4.03. The summed E-state index contributed by atoms with van der Waals surface area (Å²) in [5.74, 6) is 0.644. The van der Waals surface area contributed by atoms with Crippen molar-refractivity contribution in [2.75, 3.05) is 7.11 Å². The van der Waals surface area contributed by atoms with Crippen LogP contribution in [0.15, 0.2) is 24.3 Å². The van der Waals surface area contributed by atoms with Crippen molar-refractivity contribution in [1.29, 1.82) is 5.26 Å². The van der Waals surface area contributed by atoms with E-state index in [1.807, 2.05) is 24.3 Å². The standard InChI is InChI=1S/C11H10ClNO/c1-14-11-8-9(4-2-3-7-13)5-6-10(11)12/h2,4-6,8H,3H2,1H3. The maximum absolute atomic E-state index is 8.34. The third-order valence-corrected chi connectivity index (χ3v) is 2.01. The van der Waals surface area contributed by atoms with Crippen LogP contribution in [0.1, 0.15) is 12.0 Å². The lowest BCUT2D eigenvalue weighted by molar-refractivity contribution is 0.415. The third-order valence-electron chi connectivity index (χ3n) is 1.69. The van der Waals surface area contributed by atoms with Crippen LogP contribution >= 0.6 is 11.6 Å². The summed E-state index contributed by atoms with van der Waals surface area (Å²) in [5, 5.41) is 8.93. The minimum Gasteiger partial charge on any atom is -0.495 e. The number of methoxy groups -OCH3 is 1. The molecule has 1 aromatic rings. The van der Waals surface area contributed by atoms with Gasteiger partial charge in [0, 0.05) is 0 Å². The van der Waals surface area contributed by atoms with Gasteiger partial charge in [0.1, 0.15) is 5.75 Å². The first-order valence-corrected chi connectivity index (χ1v) is 4.52. The molecular weight excluding hydrogens is 198 g/mol. The monoisotopic (exact) mass is 207 g/mol. The van der Waals surface area contributed by atoms with E-state index in [-0.39, 0.29) is 0 Å². The van der Waals surface area contributed by atoms with Gasteiger partial charge in [-0.05, 0) is 17.7 Å². The zero-order chi connectivity index (χ0) is 10.4. The van der Waals surface area contributed by atoms with E-state index in [0.717, 1.165) is 5.56 Å². The fraction of sp³-hybridized carbons (Fsp3) is 0.182. The highest BCUT2D eigenvalue weighted by atomic mass is 35.5. The van der Waals surface area contributed by atoms with Crippen LogP contribution in [0.3, 0.4) is 0 Å². The number of halogens is 1. The van der Waals surface area contributed by atoms with Crippen molar-refractivity contribution in [2.24, 2.45) is 0 Å². The molecule has 3 heteroatoms. The maximum Gasteiger partial charge on any atom is 0.138 e. The molecule has 0 spiro atoms. The van der Waals surface area contributed by atoms with Gasteiger partial charge in [-0.25, -0.2) is 0 Å². The Hall–Kier alpha value is -1.46. The van der Waals surface area contributed by atoms with Crippen molar-refractivity contribution < 1.29 is 4.74 Å². The average molecular weight is 208 g/mol. The Balaban J connectivity index is 2.85. The van der Waals surface area contributed by atoms with Crippen LogP contribution in [-0.2, 0) is 0 Å². The lowest BCUT2D eigenvalue weighted by atomic mass is 10.2. The van der Waals surface area contributed by atoms with Crippen LogP contribution in [0.2, 0.25) is 5.02 Å². The number of benzene rings is 1. The summed E-state index contributed by atoms with van der Waals surface area (Å²) in [6, 6.07) is 7.51. The molecule has 0 unspecified atom stereocenters. The molecule has 0 atom stereocenters. The molecule has 0 fully saturated rings. The first kappa shape index (κ1) is 10.6. The molecule has 0 aliphatic carbocycles. The highest BCUT2D eigenvalue weighted by Crippen LogP contribution is 2.25. The second-order valence-electron chi connectivity index (χ2n) is 2.66. The van der Waals surface area contributed by atoms with E-state index in [9.17, 15) is 0 Å². The predicted octanol–water partition coefficient (Wildman–Crippen LogP) is 3.28. The van der Waals surface area contributed by atoms with Crippen molar-refractivity contribution in [1.82, 2.24) is 0 Å². The molecule has 0 saturated carbocycles. The Bertz CT molecular complexity index is 379. The van der Waals surface area contributed by atoms with Gasteiger partial charge in [-0.15, -0.1) is 0 Å². The molecule has 0 amide bonds. The van der Waals surface area contributed by atoms with E-state index in [4.69, 9.17) is 21.6 Å². The van der Waals surface area contributed by atoms with E-state index in [2.05, 4.69) is 0 Å². The first-order chi connectivity index (χ1) is 6.77. The molecule has 0 aliphatic heterocycles. The number of allylic oxidation sites excluding steroid dienone is 1. The molecule has 0 N–H and O–H groups in total. The lowest BCUT2D eigenvalue weighted by Crippen LogP contribution is -1.84. The summed E-state index contributed by atoms with van der Waals surface area (Å²) in [4.78, 5) is 0. The molecule has 0 bridgehead atoms. The predicted molar refractivity (Wildman–Crippen MR) is 57.3 cm³/mol. The summed E-state index contributed by atoms with van der Waals surface area (Å²) in [6.45, 7) is 0. The van der Waals surface area contributed by atoms with Crippen molar-refractivity contribution >= 4 is 17.7 Å². The molecule has 0 aromatic heterocycles. The van der Waals surface area contributed by atoms with Crippen molar-refractivity contribution in [2.45, 2.75) is 6.42 Å². The van der Waals surface area contributed by atoms with Gasteiger partial charge >= 0.3 is 0 Å². The fourth-order valence-electron chi connectivity index (χ4n) is 1.03. The summed E-state index contributed by atoms with van der Waals surface area (Å²) in [5.41, 5.74) is 0.974. The molecule has 14 heavy (non-hydrogen) atoms. The highest BCUT2D eigenvalue weighted by Gasteiger charge is 1.98. The SMILES string of the molecule is COc1cc(C=CCC#N)ccc1Cl. The highest BCUT2D eigenvalue weighted by molar-refractivity contribution is 6.32. The van der Waals surface area contributed by atoms with Crippen LogP contribution in [-0.4, -0.2) is 7.11 Å². The van der Waals surface area contributed by atoms with Gasteiger partial charge in [0.2, 0.25) is 0 Å². The molecule has 0 radical (unpaired) electrons. The normalized spacial score (nSPS) is 10.1. The number of nitrogens with zero attached hydrogens (tertiary/aromatic N) is 1. The van der Waals surface area contributed by atoms with Gasteiger partial charge in [0.05, 0.1) is 24.6 Å². The fourth-order valence-corrected chi connectivity index (χ4v) is 1.22. The minimum atomic E-state index is 0.408. The van der Waals surface area contributed by atoms with E-state index < -0.39 is 0 Å². The molecule has 1 aromatic carbocycles. The molecule has 0 aliphatic rings. The van der Waals surface area contributed by atoms with E-state index >= 15 is 0 Å². The zero-order valence-electron chi connectivity index (χ0n) is 7.83. The maximum atomic E-state index is 8.34. The van der Waals surface area contributed by atoms with Crippen LogP contribution in [0.5, 0.6) is 5.75 Å². The van der Waals surface area contributed by atoms with Crippen molar-refractivity contribution in [3.05, 3.63) is 34.9 Å². The second kappa shape index (κ2) is 5.31. The van der Waals surface area contributed by atoms with Gasteiger partial charge < -0.3 is 4.74 Å². The molecule has 0 saturated heterocycles. The minimum absolute atomic E-state index is 0.408. The zero-order valence-corrected chi connectivity index (χ0v) is 8.58. The Labute approximate surface area is 88.4 Å². The van der Waals surface area contributed by atoms with Crippen molar-refractivity contribution in [3.63, 3.8) is 0 Å². The van der Waals surface area contributed by atoms with Crippen LogP contribution in [0.4, 0.5) is 0 Å². The smallest absolute Gasteiger partial charge is 0.138 e. The topological polar surface area (TPSA) is 33.0 Å². The molecule has 1 rings (SSSR count). The van der Waals surface area contributed by atoms with Gasteiger partial charge in [0.25, 0.3) is 0 Å². The largest absolute Gasteiger partial charge is 0.495 e. The molecule has 72 valence electrons. The van der Waals surface area contributed by atoms with Gasteiger partial charge in [-0.2, -0.15) is 5.26 Å². The number of nitriles is 1. The Morgan fingerprint density at radius 1 is 1.57 bits per heavy atom. The number of hydrogen-bond donors (Lipinski definition) is 0. The van der Waals surface area contributed by atoms with Crippen LogP contribution in [0, 0.1) is 11.3 Å². The molecule has 2 nitrogen and oxygen atoms in total. The summed E-state index contributed by atoms with van der Waals surface area (Å²) < 4.78 is 5.06. The number of ether oxygens (including phenoxy) is 1. The Morgan fingerprint density at radius 3 is 3.00 bits per heavy atom. The van der Waals surface area contributed by atoms with Gasteiger partial charge in [0.15, 0.2) is 0 Å². The number of hydrogen-bond acceptors (Lipinski definition) is 2. The van der Waals surface area contributed by atoms with Crippen molar-refractivity contribution in [3.8, 4) is 11.8 Å². The summed E-state index contributed by atoms with van der Waals surface area (Å²) >= 11 is 5.86. The third kappa shape index (κ3) is 2.79. The summed E-state index contributed by atoms with van der Waals surface area (Å²) in [6.07, 6.45) is 4.07. The second-order valence-corrected chi connectivity index (χ2v) is 3.07. The van der Waals surface area contributed by atoms with E-state index in [0.29, 0.717) is 17.2 Å². The van der Waals surface area contributed by atoms with Gasteiger partial charge in [-0.3, -0.25) is 0 Å². The molecular formula is C11H10ClNO. The quantitative estimate of drug-likeness (QED) is 0.762. The average Bonchev–Trinajstić information content (AvgIpc) is 2.21. The Morgan fingerprint density at radius 2 is 2.36 bits per heavy atom. The first-order valence-electron chi connectivity index (χ1n) is 4.15. The lowest BCUT2D eigenvalue weighted by Gasteiger charge is -2.02. The van der Waals surface area contributed by atoms with E-state index in [1.165, 1.54) is 0 Å². The van der Waals surface area contributed by atoms with E-state index in [1.54, 1.807) is 19.3 Å². The van der Waals surface area contributed by atoms with Gasteiger partial charge in [-0.1, -0.05) is 29.8 Å². The number of rotatable bonds is 3. The summed E-state index contributed by atoms with van der Waals surface area (Å²) in [7, 11) is 1.57.